The van der Waals surface area contributed by atoms with Gasteiger partial charge in [0.15, 0.2) is 0 Å². The fraction of sp³-hybridized carbons (Fsp3) is 0.800. The van der Waals surface area contributed by atoms with Gasteiger partial charge in [0.1, 0.15) is 5.82 Å². The zero-order valence-corrected chi connectivity index (χ0v) is 12.2. The second-order valence-corrected chi connectivity index (χ2v) is 6.62. The van der Waals surface area contributed by atoms with E-state index < -0.39 is 0 Å². The summed E-state index contributed by atoms with van der Waals surface area (Å²) in [4.78, 5) is 4.99. The van der Waals surface area contributed by atoms with Gasteiger partial charge in [-0.25, -0.2) is 4.98 Å². The van der Waals surface area contributed by atoms with Crippen LogP contribution in [0.5, 0.6) is 0 Å². The molecule has 1 heterocycles. The van der Waals surface area contributed by atoms with Gasteiger partial charge in [-0.3, -0.25) is 0 Å². The monoisotopic (exact) mass is 234 g/mol. The highest BCUT2D eigenvalue weighted by atomic mass is 15.1. The SMILES string of the molecule is CC(C)c1nc2c(n1C(C)C)CCCC2(C)C. The predicted molar refractivity (Wildman–Crippen MR) is 72.7 cm³/mol. The number of hydrogen-bond donors (Lipinski definition) is 0. The maximum atomic E-state index is 4.99. The van der Waals surface area contributed by atoms with E-state index in [0.29, 0.717) is 12.0 Å². The zero-order chi connectivity index (χ0) is 12.8. The van der Waals surface area contributed by atoms with Gasteiger partial charge in [0.25, 0.3) is 0 Å². The molecule has 0 bridgehead atoms. The molecule has 2 nitrogen and oxygen atoms in total. The lowest BCUT2D eigenvalue weighted by atomic mass is 9.78. The molecule has 0 aromatic carbocycles. The van der Waals surface area contributed by atoms with Gasteiger partial charge in [0, 0.05) is 23.1 Å². The predicted octanol–water partition coefficient (Wildman–Crippen LogP) is 4.20. The summed E-state index contributed by atoms with van der Waals surface area (Å²) in [6, 6.07) is 0.526. The molecule has 2 rings (SSSR count). The standard InChI is InChI=1S/C15H26N2/c1-10(2)14-16-13-12(17(14)11(3)4)8-7-9-15(13,5)6/h10-11H,7-9H2,1-6H3. The normalized spacial score (nSPS) is 18.8. The van der Waals surface area contributed by atoms with Gasteiger partial charge in [-0.2, -0.15) is 0 Å². The van der Waals surface area contributed by atoms with Crippen LogP contribution in [-0.2, 0) is 11.8 Å². The molecule has 0 saturated carbocycles. The lowest BCUT2D eigenvalue weighted by Crippen LogP contribution is -2.25. The molecule has 17 heavy (non-hydrogen) atoms. The van der Waals surface area contributed by atoms with Crippen molar-refractivity contribution >= 4 is 0 Å². The summed E-state index contributed by atoms with van der Waals surface area (Å²) in [7, 11) is 0. The minimum Gasteiger partial charge on any atom is -0.329 e. The lowest BCUT2D eigenvalue weighted by molar-refractivity contribution is 0.409. The first-order chi connectivity index (χ1) is 7.84. The average Bonchev–Trinajstić information content (AvgIpc) is 2.57. The van der Waals surface area contributed by atoms with Gasteiger partial charge in [0.05, 0.1) is 5.69 Å². The smallest absolute Gasteiger partial charge is 0.112 e. The molecule has 1 aliphatic carbocycles. The molecule has 0 spiro atoms. The Labute approximate surface area is 105 Å². The molecule has 0 saturated heterocycles. The number of hydrogen-bond acceptors (Lipinski definition) is 1. The van der Waals surface area contributed by atoms with Crippen molar-refractivity contribution in [3.05, 3.63) is 17.2 Å². The summed E-state index contributed by atoms with van der Waals surface area (Å²) >= 11 is 0. The second kappa shape index (κ2) is 4.15. The Kier molecular flexibility index (Phi) is 3.09. The van der Waals surface area contributed by atoms with Crippen molar-refractivity contribution < 1.29 is 0 Å². The highest BCUT2D eigenvalue weighted by Crippen LogP contribution is 2.38. The van der Waals surface area contributed by atoms with E-state index in [2.05, 4.69) is 46.1 Å². The third kappa shape index (κ3) is 2.02. The number of aromatic nitrogens is 2. The van der Waals surface area contributed by atoms with Gasteiger partial charge in [0.2, 0.25) is 0 Å². The second-order valence-electron chi connectivity index (χ2n) is 6.62. The highest BCUT2D eigenvalue weighted by molar-refractivity contribution is 5.29. The van der Waals surface area contributed by atoms with Gasteiger partial charge < -0.3 is 4.57 Å². The van der Waals surface area contributed by atoms with Crippen molar-refractivity contribution in [2.75, 3.05) is 0 Å². The molecule has 2 heteroatoms. The number of fused-ring (bicyclic) bond motifs is 1. The van der Waals surface area contributed by atoms with Crippen LogP contribution in [0, 0.1) is 0 Å². The molecule has 0 aliphatic heterocycles. The maximum absolute atomic E-state index is 4.99. The maximum Gasteiger partial charge on any atom is 0.112 e. The van der Waals surface area contributed by atoms with E-state index in [1.54, 1.807) is 0 Å². The Bertz CT molecular complexity index is 411. The molecule has 1 aromatic heterocycles. The van der Waals surface area contributed by atoms with Crippen LogP contribution in [0.4, 0.5) is 0 Å². The first-order valence-electron chi connectivity index (χ1n) is 6.96. The number of imidazole rings is 1. The van der Waals surface area contributed by atoms with Crippen LogP contribution < -0.4 is 0 Å². The Morgan fingerprint density at radius 1 is 1.18 bits per heavy atom. The largest absolute Gasteiger partial charge is 0.329 e. The van der Waals surface area contributed by atoms with Crippen molar-refractivity contribution in [3.63, 3.8) is 0 Å². The zero-order valence-electron chi connectivity index (χ0n) is 12.2. The first-order valence-corrected chi connectivity index (χ1v) is 6.96. The molecular formula is C15H26N2. The molecule has 1 aliphatic rings. The average molecular weight is 234 g/mol. The molecule has 1 aromatic rings. The van der Waals surface area contributed by atoms with Crippen molar-refractivity contribution in [3.8, 4) is 0 Å². The van der Waals surface area contributed by atoms with Crippen molar-refractivity contribution in [2.45, 2.75) is 78.2 Å². The molecule has 0 unspecified atom stereocenters. The molecule has 0 atom stereocenters. The number of nitrogens with zero attached hydrogens (tertiary/aromatic N) is 2. The van der Waals surface area contributed by atoms with E-state index in [-0.39, 0.29) is 5.41 Å². The third-order valence-corrected chi connectivity index (χ3v) is 3.93. The topological polar surface area (TPSA) is 17.8 Å². The van der Waals surface area contributed by atoms with E-state index in [1.807, 2.05) is 0 Å². The Morgan fingerprint density at radius 2 is 1.82 bits per heavy atom. The fourth-order valence-electron chi connectivity index (χ4n) is 3.07. The van der Waals surface area contributed by atoms with Gasteiger partial charge in [-0.15, -0.1) is 0 Å². The van der Waals surface area contributed by atoms with Crippen LogP contribution in [0.1, 0.15) is 83.6 Å². The number of rotatable bonds is 2. The molecule has 0 radical (unpaired) electrons. The van der Waals surface area contributed by atoms with Gasteiger partial charge in [-0.1, -0.05) is 27.7 Å². The first kappa shape index (κ1) is 12.7. The van der Waals surface area contributed by atoms with Crippen molar-refractivity contribution in [1.29, 1.82) is 0 Å². The van der Waals surface area contributed by atoms with Gasteiger partial charge >= 0.3 is 0 Å². The Hall–Kier alpha value is -0.790. The molecule has 0 fully saturated rings. The van der Waals surface area contributed by atoms with Crippen LogP contribution in [-0.4, -0.2) is 9.55 Å². The van der Waals surface area contributed by atoms with Crippen molar-refractivity contribution in [1.82, 2.24) is 9.55 Å². The molecule has 96 valence electrons. The fourth-order valence-corrected chi connectivity index (χ4v) is 3.07. The van der Waals surface area contributed by atoms with E-state index in [4.69, 9.17) is 4.98 Å². The summed E-state index contributed by atoms with van der Waals surface area (Å²) < 4.78 is 2.49. The minimum absolute atomic E-state index is 0.261. The highest BCUT2D eigenvalue weighted by Gasteiger charge is 2.33. The third-order valence-electron chi connectivity index (χ3n) is 3.93. The lowest BCUT2D eigenvalue weighted by Gasteiger charge is -2.29. The van der Waals surface area contributed by atoms with E-state index in [0.717, 1.165) is 0 Å². The van der Waals surface area contributed by atoms with Crippen LogP contribution in [0.25, 0.3) is 0 Å². The van der Waals surface area contributed by atoms with Crippen LogP contribution >= 0.6 is 0 Å². The molecular weight excluding hydrogens is 208 g/mol. The summed E-state index contributed by atoms with van der Waals surface area (Å²) in [5.74, 6) is 1.79. The van der Waals surface area contributed by atoms with Crippen LogP contribution in [0.2, 0.25) is 0 Å². The van der Waals surface area contributed by atoms with E-state index in [9.17, 15) is 0 Å². The molecule has 0 amide bonds. The van der Waals surface area contributed by atoms with Crippen LogP contribution in [0.15, 0.2) is 0 Å². The van der Waals surface area contributed by atoms with Crippen molar-refractivity contribution in [2.24, 2.45) is 0 Å². The summed E-state index contributed by atoms with van der Waals surface area (Å²) in [5.41, 5.74) is 3.12. The summed E-state index contributed by atoms with van der Waals surface area (Å²) in [6.45, 7) is 13.7. The van der Waals surface area contributed by atoms with E-state index >= 15 is 0 Å². The van der Waals surface area contributed by atoms with Gasteiger partial charge in [-0.05, 0) is 33.1 Å². The minimum atomic E-state index is 0.261. The Morgan fingerprint density at radius 3 is 2.35 bits per heavy atom. The van der Waals surface area contributed by atoms with E-state index in [1.165, 1.54) is 36.5 Å². The summed E-state index contributed by atoms with van der Waals surface area (Å²) in [5, 5.41) is 0. The summed E-state index contributed by atoms with van der Waals surface area (Å²) in [6.07, 6.45) is 3.78. The quantitative estimate of drug-likeness (QED) is 0.750. The van der Waals surface area contributed by atoms with Crippen LogP contribution in [0.3, 0.4) is 0 Å². The Balaban J connectivity index is 2.62. The molecule has 0 N–H and O–H groups in total.